The second-order valence-electron chi connectivity index (χ2n) is 6.46. The number of aromatic nitrogens is 3. The summed E-state index contributed by atoms with van der Waals surface area (Å²) in [4.78, 5) is 27.6. The van der Waals surface area contributed by atoms with Gasteiger partial charge in [0.05, 0.1) is 6.54 Å². The van der Waals surface area contributed by atoms with E-state index in [1.165, 1.54) is 0 Å². The zero-order chi connectivity index (χ0) is 17.9. The van der Waals surface area contributed by atoms with Crippen molar-refractivity contribution < 1.29 is 9.53 Å². The second kappa shape index (κ2) is 7.07. The number of hydrogen-bond donors (Lipinski definition) is 0. The van der Waals surface area contributed by atoms with Gasteiger partial charge in [0.25, 0.3) is 5.91 Å². The number of amides is 1. The molecule has 0 N–H and O–H groups in total. The van der Waals surface area contributed by atoms with E-state index in [0.29, 0.717) is 30.5 Å². The normalized spacial score (nSPS) is 17.3. The summed E-state index contributed by atoms with van der Waals surface area (Å²) >= 11 is 0. The number of carbonyl (C=O) groups excluding carboxylic acids is 1. The van der Waals surface area contributed by atoms with Gasteiger partial charge in [-0.15, -0.1) is 0 Å². The molecule has 0 bridgehead atoms. The Bertz CT molecular complexity index is 939. The molecule has 3 aromatic rings. The Morgan fingerprint density at radius 1 is 1.15 bits per heavy atom. The Morgan fingerprint density at radius 3 is 2.88 bits per heavy atom. The summed E-state index contributed by atoms with van der Waals surface area (Å²) in [6.45, 7) is 3.08. The highest BCUT2D eigenvalue weighted by Crippen LogP contribution is 2.21. The molecule has 1 saturated heterocycles. The lowest BCUT2D eigenvalue weighted by Crippen LogP contribution is -2.44. The molecule has 1 aliphatic heterocycles. The van der Waals surface area contributed by atoms with Crippen molar-refractivity contribution in [3.63, 3.8) is 0 Å². The van der Waals surface area contributed by atoms with E-state index in [-0.39, 0.29) is 12.0 Å². The number of aryl methyl sites for hydroxylation is 1. The molecule has 1 aromatic carbocycles. The first kappa shape index (κ1) is 16.4. The summed E-state index contributed by atoms with van der Waals surface area (Å²) in [5.74, 6) is 1.18. The van der Waals surface area contributed by atoms with Crippen LogP contribution >= 0.6 is 0 Å². The molecule has 132 valence electrons. The van der Waals surface area contributed by atoms with Crippen LogP contribution in [-0.4, -0.2) is 45.0 Å². The average molecular weight is 348 g/mol. The van der Waals surface area contributed by atoms with E-state index in [1.54, 1.807) is 18.5 Å². The van der Waals surface area contributed by atoms with Gasteiger partial charge in [-0.25, -0.2) is 4.98 Å². The first-order chi connectivity index (χ1) is 12.7. The number of hydrogen-bond acceptors (Lipinski definition) is 5. The maximum absolute atomic E-state index is 13.0. The molecule has 1 fully saturated rings. The average Bonchev–Trinajstić information content (AvgIpc) is 2.67. The number of likely N-dealkylation sites (tertiary alicyclic amines) is 1. The van der Waals surface area contributed by atoms with E-state index in [2.05, 4.69) is 15.0 Å². The van der Waals surface area contributed by atoms with Gasteiger partial charge < -0.3 is 9.64 Å². The number of pyridine rings is 1. The van der Waals surface area contributed by atoms with Gasteiger partial charge >= 0.3 is 0 Å². The molecule has 6 nitrogen and oxygen atoms in total. The SMILES string of the molecule is Cc1nccc(OC2CCCN(C(=O)c3nccc4ccccc34)C2)n1. The van der Waals surface area contributed by atoms with Gasteiger partial charge in [0.1, 0.15) is 17.6 Å². The highest BCUT2D eigenvalue weighted by molar-refractivity contribution is 6.05. The molecule has 0 saturated carbocycles. The Kier molecular flexibility index (Phi) is 4.48. The highest BCUT2D eigenvalue weighted by Gasteiger charge is 2.27. The molecule has 1 atom stereocenters. The van der Waals surface area contributed by atoms with Crippen molar-refractivity contribution >= 4 is 16.7 Å². The van der Waals surface area contributed by atoms with Crippen LogP contribution in [0, 0.1) is 6.92 Å². The zero-order valence-corrected chi connectivity index (χ0v) is 14.6. The van der Waals surface area contributed by atoms with Gasteiger partial charge in [-0.3, -0.25) is 9.78 Å². The Labute approximate surface area is 151 Å². The molecule has 1 aliphatic rings. The molecule has 26 heavy (non-hydrogen) atoms. The molecule has 6 heteroatoms. The standard InChI is InChI=1S/C20H20N4O2/c1-14-21-11-9-18(23-14)26-16-6-4-12-24(13-16)20(25)19-17-7-3-2-5-15(17)8-10-22-19/h2-3,5,7-11,16H,4,6,12-13H2,1H3. The van der Waals surface area contributed by atoms with Crippen LogP contribution in [-0.2, 0) is 0 Å². The van der Waals surface area contributed by atoms with E-state index >= 15 is 0 Å². The summed E-state index contributed by atoms with van der Waals surface area (Å²) in [5, 5.41) is 1.90. The van der Waals surface area contributed by atoms with Crippen LogP contribution in [0.3, 0.4) is 0 Å². The number of piperidine rings is 1. The predicted octanol–water partition coefficient (Wildman–Crippen LogP) is 3.02. The fraction of sp³-hybridized carbons (Fsp3) is 0.300. The quantitative estimate of drug-likeness (QED) is 0.728. The van der Waals surface area contributed by atoms with Crippen molar-refractivity contribution in [2.24, 2.45) is 0 Å². The maximum Gasteiger partial charge on any atom is 0.273 e. The molecule has 1 unspecified atom stereocenters. The van der Waals surface area contributed by atoms with Gasteiger partial charge in [-0.05, 0) is 31.2 Å². The first-order valence-corrected chi connectivity index (χ1v) is 8.80. The minimum atomic E-state index is -0.0722. The van der Waals surface area contributed by atoms with E-state index in [9.17, 15) is 4.79 Å². The van der Waals surface area contributed by atoms with E-state index in [0.717, 1.165) is 23.6 Å². The zero-order valence-electron chi connectivity index (χ0n) is 14.6. The van der Waals surface area contributed by atoms with Crippen molar-refractivity contribution in [1.82, 2.24) is 19.9 Å². The van der Waals surface area contributed by atoms with Crippen LogP contribution in [0.25, 0.3) is 10.8 Å². The summed E-state index contributed by atoms with van der Waals surface area (Å²) in [6, 6.07) is 11.5. The smallest absolute Gasteiger partial charge is 0.273 e. The lowest BCUT2D eigenvalue weighted by atomic mass is 10.1. The van der Waals surface area contributed by atoms with Crippen LogP contribution in [0.15, 0.2) is 48.8 Å². The van der Waals surface area contributed by atoms with Crippen molar-refractivity contribution in [3.8, 4) is 5.88 Å². The highest BCUT2D eigenvalue weighted by atomic mass is 16.5. The monoisotopic (exact) mass is 348 g/mol. The first-order valence-electron chi connectivity index (χ1n) is 8.80. The molecule has 4 rings (SSSR count). The van der Waals surface area contributed by atoms with Crippen LogP contribution < -0.4 is 4.74 Å². The third kappa shape index (κ3) is 3.35. The number of benzene rings is 1. The number of carbonyl (C=O) groups is 1. The molecule has 0 aliphatic carbocycles. The van der Waals surface area contributed by atoms with E-state index in [1.807, 2.05) is 42.2 Å². The third-order valence-corrected chi connectivity index (χ3v) is 4.58. The van der Waals surface area contributed by atoms with Crippen molar-refractivity contribution in [3.05, 3.63) is 60.3 Å². The Balaban J connectivity index is 1.53. The fourth-order valence-corrected chi connectivity index (χ4v) is 3.33. The molecular weight excluding hydrogens is 328 g/mol. The summed E-state index contributed by atoms with van der Waals surface area (Å²) in [7, 11) is 0. The van der Waals surface area contributed by atoms with Gasteiger partial charge in [0.2, 0.25) is 5.88 Å². The lowest BCUT2D eigenvalue weighted by Gasteiger charge is -2.32. The van der Waals surface area contributed by atoms with Crippen molar-refractivity contribution in [2.75, 3.05) is 13.1 Å². The molecule has 0 spiro atoms. The topological polar surface area (TPSA) is 68.2 Å². The van der Waals surface area contributed by atoms with E-state index in [4.69, 9.17) is 4.74 Å². The number of fused-ring (bicyclic) bond motifs is 1. The van der Waals surface area contributed by atoms with Gasteiger partial charge in [-0.1, -0.05) is 24.3 Å². The Hall–Kier alpha value is -3.02. The van der Waals surface area contributed by atoms with Gasteiger partial charge in [0, 0.05) is 30.4 Å². The molecule has 2 aromatic heterocycles. The summed E-state index contributed by atoms with van der Waals surface area (Å²) < 4.78 is 5.97. The third-order valence-electron chi connectivity index (χ3n) is 4.58. The summed E-state index contributed by atoms with van der Waals surface area (Å²) in [5.41, 5.74) is 0.502. The molecule has 1 amide bonds. The Morgan fingerprint density at radius 2 is 2.00 bits per heavy atom. The van der Waals surface area contributed by atoms with Crippen LogP contribution in [0.2, 0.25) is 0 Å². The minimum Gasteiger partial charge on any atom is -0.472 e. The van der Waals surface area contributed by atoms with Crippen molar-refractivity contribution in [2.45, 2.75) is 25.9 Å². The summed E-state index contributed by atoms with van der Waals surface area (Å²) in [6.07, 6.45) is 5.10. The van der Waals surface area contributed by atoms with Crippen LogP contribution in [0.4, 0.5) is 0 Å². The number of rotatable bonds is 3. The maximum atomic E-state index is 13.0. The largest absolute Gasteiger partial charge is 0.472 e. The van der Waals surface area contributed by atoms with E-state index < -0.39 is 0 Å². The van der Waals surface area contributed by atoms with Crippen LogP contribution in [0.5, 0.6) is 5.88 Å². The lowest BCUT2D eigenvalue weighted by molar-refractivity contribution is 0.0524. The van der Waals surface area contributed by atoms with Crippen LogP contribution in [0.1, 0.15) is 29.2 Å². The molecular formula is C20H20N4O2. The predicted molar refractivity (Wildman–Crippen MR) is 98.1 cm³/mol. The van der Waals surface area contributed by atoms with Gasteiger partial charge in [-0.2, -0.15) is 4.98 Å². The molecule has 3 heterocycles. The minimum absolute atomic E-state index is 0.0473. The van der Waals surface area contributed by atoms with Gasteiger partial charge in [0.15, 0.2) is 0 Å². The second-order valence-corrected chi connectivity index (χ2v) is 6.46. The number of ether oxygens (including phenoxy) is 1. The van der Waals surface area contributed by atoms with Crippen molar-refractivity contribution in [1.29, 1.82) is 0 Å². The number of nitrogens with zero attached hydrogens (tertiary/aromatic N) is 4. The fourth-order valence-electron chi connectivity index (χ4n) is 3.33. The molecule has 0 radical (unpaired) electrons.